The van der Waals surface area contributed by atoms with Crippen molar-refractivity contribution in [2.75, 3.05) is 108 Å². The molecule has 0 aromatic heterocycles. The first-order chi connectivity index (χ1) is 61.0. The van der Waals surface area contributed by atoms with E-state index in [2.05, 4.69) is 55.5 Å². The SMILES string of the molecule is COc1ccc(OC)c(CS(=O)(=O)c2ccc([N+](=O)[O-])cc2)c1.COc1ccc(OC)c(N(C)S(=O)(=O)c2ccc(CC(=O)CCSc3ccc(C)cc3)cc2)c1.COc1ccc(OC)c(N(C)S(=O)(=O)c2ccc(N)cc2)c1.COc1ccc(OC)c(N)c1.Cc1ccc(SCCC(=O)Cl)cc1.Cc1ccc(SCCC(=O)O)cc1.O=[N+]([O-])c1ccc(S(=O)(=O)Cl)cc1. The molecule has 0 saturated heterocycles. The highest BCUT2D eigenvalue weighted by molar-refractivity contribution is 8.13. The number of sulfonamides is 2. The molecule has 0 spiro atoms. The number of aryl methyl sites for hydroxylation is 3. The van der Waals surface area contributed by atoms with Crippen LogP contribution in [0.15, 0.2) is 277 Å². The zero-order chi connectivity index (χ0) is 95.8. The van der Waals surface area contributed by atoms with Crippen molar-refractivity contribution in [1.82, 2.24) is 0 Å². The Morgan fingerprint density at radius 3 is 1.09 bits per heavy atom. The smallest absolute Gasteiger partial charge is 0.304 e. The molecule has 5 N–H and O–H groups in total. The van der Waals surface area contributed by atoms with Crippen LogP contribution in [0.1, 0.15) is 47.1 Å². The Morgan fingerprint density at radius 1 is 0.411 bits per heavy atom. The van der Waals surface area contributed by atoms with Crippen molar-refractivity contribution >= 4 is 148 Å². The Labute approximate surface area is 774 Å². The molecule has 0 saturated carbocycles. The topological polar surface area (TPSA) is 427 Å². The Morgan fingerprint density at radius 2 is 0.744 bits per heavy atom. The Balaban J connectivity index is 0.000000277. The number of aliphatic carboxylic acids is 1. The molecule has 0 amide bonds. The predicted octanol–water partition coefficient (Wildman–Crippen LogP) is 18.4. The van der Waals surface area contributed by atoms with Crippen molar-refractivity contribution < 1.29 is 101 Å². The van der Waals surface area contributed by atoms with Crippen LogP contribution in [0.2, 0.25) is 0 Å². The molecule has 0 unspecified atom stereocenters. The molecule has 39 heteroatoms. The van der Waals surface area contributed by atoms with E-state index in [1.807, 2.05) is 38.1 Å². The standard InChI is InChI=1S/C26H29NO5S2.C15H18N2O4S.C15H15NO6S.C10H11ClOS.C10H12O2S.C8H11NO2.C6H4ClNO4S/c1-19-5-10-23(11-6-19)33-16-15-21(28)17-20-7-12-24(13-8-20)34(29,30)27(2)25-18-22(31-3)9-14-26(25)32-4;1-17(14-10-12(20-2)6-9-15(14)21-3)22(18,19)13-7-4-11(16)5-8-13;1-21-13-5-8-15(22-2)11(9-13)10-23(19,20)14-6-3-12(4-7-14)16(17)18;2*1-8-2-4-9(5-3-8)13-7-6-10(11)12;1-10-6-3-4-8(11-2)7(9)5-6;7-13(11,12)6-3-1-5(2-4-6)8(9)10/h5-14,18H,15-17H2,1-4H3;4-10H,16H2,1-3H3;3-9H,10H2,1-2H3;2-5H,6-7H2,1H3;2-5H,6-7H2,1H3,(H,11,12);3-5H,9H2,1-2H3;1-4H. The average Bonchev–Trinajstić information content (AvgIpc) is 0.788. The van der Waals surface area contributed by atoms with Gasteiger partial charge >= 0.3 is 5.97 Å². The van der Waals surface area contributed by atoms with Gasteiger partial charge in [0.2, 0.25) is 5.24 Å². The van der Waals surface area contributed by atoms with Gasteiger partial charge in [-0.25, -0.2) is 33.7 Å². The maximum absolute atomic E-state index is 13.2. The minimum absolute atomic E-state index is 0.00738. The number of nitrogens with zero attached hydrogens (tertiary/aromatic N) is 4. The lowest BCUT2D eigenvalue weighted by molar-refractivity contribution is -0.385. The lowest BCUT2D eigenvalue weighted by Crippen LogP contribution is -2.27. The fourth-order valence-electron chi connectivity index (χ4n) is 10.7. The Hall–Kier alpha value is -11.9. The van der Waals surface area contributed by atoms with Gasteiger partial charge in [0, 0.05) is 130 Å². The number of carbonyl (C=O) groups is 3. The molecular weight excluding hydrogens is 1840 g/mol. The average molecular weight is 1950 g/mol. The van der Waals surface area contributed by atoms with Crippen molar-refractivity contribution in [3.05, 3.63) is 291 Å². The normalized spacial score (nSPS) is 10.7. The van der Waals surface area contributed by atoms with Crippen LogP contribution < -0.4 is 58.0 Å². The van der Waals surface area contributed by atoms with Crippen LogP contribution in [-0.4, -0.2) is 154 Å². The van der Waals surface area contributed by atoms with E-state index in [9.17, 15) is 68.3 Å². The number of ketones is 1. The molecule has 0 aliphatic heterocycles. The predicted molar refractivity (Wildman–Crippen MR) is 508 cm³/mol. The molecule has 0 aliphatic rings. The van der Waals surface area contributed by atoms with Gasteiger partial charge in [-0.2, -0.15) is 0 Å². The van der Waals surface area contributed by atoms with Crippen molar-refractivity contribution in [3.63, 3.8) is 0 Å². The highest BCUT2D eigenvalue weighted by atomic mass is 35.7. The van der Waals surface area contributed by atoms with Gasteiger partial charge in [0.1, 0.15) is 51.8 Å². The van der Waals surface area contributed by atoms with Crippen LogP contribution in [0, 0.1) is 41.0 Å². The van der Waals surface area contributed by atoms with Gasteiger partial charge < -0.3 is 54.5 Å². The van der Waals surface area contributed by atoms with E-state index >= 15 is 0 Å². The summed E-state index contributed by atoms with van der Waals surface area (Å²) in [5.41, 5.74) is 17.6. The van der Waals surface area contributed by atoms with Crippen LogP contribution in [0.4, 0.5) is 34.1 Å². The van der Waals surface area contributed by atoms with E-state index < -0.39 is 54.8 Å². The third kappa shape index (κ3) is 35.9. The second kappa shape index (κ2) is 53.1. The number of methoxy groups -OCH3 is 8. The quantitative estimate of drug-likeness (QED) is 0.0111. The molecular formula is C90H100Cl2N6O24S7. The van der Waals surface area contributed by atoms with Gasteiger partial charge in [-0.1, -0.05) is 65.2 Å². The number of nitrogen functional groups attached to an aromatic ring is 2. The molecule has 11 aromatic carbocycles. The molecule has 0 radical (unpaired) electrons. The van der Waals surface area contributed by atoms with E-state index in [-0.39, 0.29) is 60.6 Å². The van der Waals surface area contributed by atoms with Crippen molar-refractivity contribution in [3.8, 4) is 46.0 Å². The van der Waals surface area contributed by atoms with Crippen LogP contribution in [0.3, 0.4) is 0 Å². The van der Waals surface area contributed by atoms with E-state index in [1.165, 1.54) is 115 Å². The fourth-order valence-corrected chi connectivity index (χ4v) is 18.0. The molecule has 0 bridgehead atoms. The molecule has 129 heavy (non-hydrogen) atoms. The first-order valence-corrected chi connectivity index (χ1v) is 48.5. The van der Waals surface area contributed by atoms with Gasteiger partial charge in [0.25, 0.3) is 40.5 Å². The lowest BCUT2D eigenvalue weighted by atomic mass is 10.1. The van der Waals surface area contributed by atoms with Crippen LogP contribution in [0.25, 0.3) is 0 Å². The number of nitro groups is 2. The van der Waals surface area contributed by atoms with E-state index in [0.29, 0.717) is 92.9 Å². The molecule has 0 aliphatic carbocycles. The number of carboxylic acids is 1. The third-order valence-electron chi connectivity index (χ3n) is 17.8. The number of benzene rings is 11. The summed E-state index contributed by atoms with van der Waals surface area (Å²) in [5.74, 6) is 5.44. The summed E-state index contributed by atoms with van der Waals surface area (Å²) in [5, 5.41) is 29.0. The number of sulfone groups is 1. The summed E-state index contributed by atoms with van der Waals surface area (Å²) in [4.78, 5) is 56.3. The fraction of sp³-hybridized carbons (Fsp3) is 0.233. The van der Waals surface area contributed by atoms with E-state index in [1.54, 1.807) is 147 Å². The number of ether oxygens (including phenoxy) is 8. The number of carbonyl (C=O) groups excluding carboxylic acids is 2. The van der Waals surface area contributed by atoms with E-state index in [0.717, 1.165) is 71.9 Å². The maximum Gasteiger partial charge on any atom is 0.304 e. The summed E-state index contributed by atoms with van der Waals surface area (Å²) in [6.07, 6.45) is 1.38. The molecule has 11 rings (SSSR count). The minimum Gasteiger partial charge on any atom is -0.497 e. The zero-order valence-electron chi connectivity index (χ0n) is 72.6. The molecule has 0 fully saturated rings. The van der Waals surface area contributed by atoms with Crippen LogP contribution >= 0.6 is 57.6 Å². The van der Waals surface area contributed by atoms with Crippen molar-refractivity contribution in [2.45, 2.75) is 86.5 Å². The maximum atomic E-state index is 13.2. The van der Waals surface area contributed by atoms with E-state index in [4.69, 9.17) is 76.8 Å². The second-order valence-electron chi connectivity index (χ2n) is 26.9. The molecule has 30 nitrogen and oxygen atoms in total. The number of nitrogens with two attached hydrogens (primary N) is 2. The zero-order valence-corrected chi connectivity index (χ0v) is 79.9. The van der Waals surface area contributed by atoms with Crippen molar-refractivity contribution in [1.29, 1.82) is 0 Å². The summed E-state index contributed by atoms with van der Waals surface area (Å²) < 4.78 is 142. The number of halogens is 2. The first-order valence-electron chi connectivity index (χ1n) is 38.3. The number of anilines is 4. The molecule has 0 atom stereocenters. The van der Waals surface area contributed by atoms with Crippen molar-refractivity contribution in [2.24, 2.45) is 0 Å². The summed E-state index contributed by atoms with van der Waals surface area (Å²) >= 11 is 10.1. The van der Waals surface area contributed by atoms with Gasteiger partial charge in [0.15, 0.2) is 9.84 Å². The largest absolute Gasteiger partial charge is 0.497 e. The summed E-state index contributed by atoms with van der Waals surface area (Å²) in [7, 11) is 5.00. The van der Waals surface area contributed by atoms with Crippen LogP contribution in [-0.2, 0) is 65.5 Å². The van der Waals surface area contributed by atoms with Gasteiger partial charge in [-0.05, 0) is 190 Å². The minimum atomic E-state index is -3.83. The number of nitro benzene ring substituents is 2. The Bertz CT molecular complexity index is 5920. The van der Waals surface area contributed by atoms with Gasteiger partial charge in [-0.3, -0.25) is 43.2 Å². The number of hydrogen-bond acceptors (Lipinski definition) is 28. The van der Waals surface area contributed by atoms with Gasteiger partial charge in [-0.15, -0.1) is 35.3 Å². The molecule has 690 valence electrons. The number of rotatable bonds is 34. The van der Waals surface area contributed by atoms with Gasteiger partial charge in [0.05, 0.1) is 116 Å². The lowest BCUT2D eigenvalue weighted by Gasteiger charge is -2.22. The number of Topliss-reactive ketones (excluding diaryl/α,β-unsaturated/α-hetero) is 1. The summed E-state index contributed by atoms with van der Waals surface area (Å²) in [6.45, 7) is 6.13. The number of hydrogen-bond donors (Lipinski definition) is 3. The molecule has 0 heterocycles. The number of thioether (sulfide) groups is 3. The monoisotopic (exact) mass is 1940 g/mol. The third-order valence-corrected chi connectivity index (χ3v) is 27.7. The second-order valence-corrected chi connectivity index (χ2v) is 39.3. The van der Waals surface area contributed by atoms with Crippen LogP contribution in [0.5, 0.6) is 46.0 Å². The highest BCUT2D eigenvalue weighted by Gasteiger charge is 2.27. The molecule has 11 aromatic rings. The highest BCUT2D eigenvalue weighted by Crippen LogP contribution is 2.38. The summed E-state index contributed by atoms with van der Waals surface area (Å²) in [6, 6.07) is 66.2. The Kier molecular flexibility index (Phi) is 44.3. The number of carboxylic acid groups (broad SMARTS) is 1. The first kappa shape index (κ1) is 108. The number of non-ortho nitro benzene ring substituents is 2.